The molecule has 0 saturated carbocycles. The first-order valence-electron chi connectivity index (χ1n) is 8.62. The first kappa shape index (κ1) is 19.5. The molecule has 0 spiro atoms. The lowest BCUT2D eigenvalue weighted by molar-refractivity contribution is -0.123. The summed E-state index contributed by atoms with van der Waals surface area (Å²) >= 11 is 5.96. The van der Waals surface area contributed by atoms with E-state index in [0.717, 1.165) is 17.7 Å². The van der Waals surface area contributed by atoms with E-state index in [-0.39, 0.29) is 17.7 Å². The molecule has 0 radical (unpaired) electrons. The normalized spacial score (nSPS) is 12.4. The van der Waals surface area contributed by atoms with Crippen LogP contribution in [-0.2, 0) is 17.9 Å². The number of halogens is 1. The molecular formula is C21H27ClN2O. The lowest BCUT2D eigenvalue weighted by atomic mass is 9.87. The summed E-state index contributed by atoms with van der Waals surface area (Å²) in [5.41, 5.74) is 3.37. The molecule has 0 aliphatic rings. The third kappa shape index (κ3) is 5.87. The van der Waals surface area contributed by atoms with Crippen molar-refractivity contribution in [2.45, 2.75) is 32.9 Å². The van der Waals surface area contributed by atoms with Gasteiger partial charge in [-0.15, -0.1) is 0 Å². The Balaban J connectivity index is 2.00. The highest BCUT2D eigenvalue weighted by Gasteiger charge is 2.23. The van der Waals surface area contributed by atoms with Crippen LogP contribution in [0.4, 0.5) is 0 Å². The summed E-state index contributed by atoms with van der Waals surface area (Å²) in [6.07, 6.45) is 0. The summed E-state index contributed by atoms with van der Waals surface area (Å²) in [7, 11) is 4.11. The molecule has 0 aliphatic heterocycles. The molecule has 1 amide bonds. The van der Waals surface area contributed by atoms with Crippen molar-refractivity contribution in [3.63, 3.8) is 0 Å². The van der Waals surface area contributed by atoms with Crippen molar-refractivity contribution in [1.82, 2.24) is 10.2 Å². The van der Waals surface area contributed by atoms with Crippen molar-refractivity contribution in [2.24, 2.45) is 5.92 Å². The maximum Gasteiger partial charge on any atom is 0.228 e. The Morgan fingerprint density at radius 3 is 2.08 bits per heavy atom. The van der Waals surface area contributed by atoms with Crippen LogP contribution in [-0.4, -0.2) is 24.9 Å². The Morgan fingerprint density at radius 2 is 1.56 bits per heavy atom. The fourth-order valence-electron chi connectivity index (χ4n) is 2.94. The zero-order valence-electron chi connectivity index (χ0n) is 15.4. The minimum atomic E-state index is -0.176. The van der Waals surface area contributed by atoms with E-state index in [2.05, 4.69) is 62.4 Å². The van der Waals surface area contributed by atoms with Gasteiger partial charge in [-0.05, 0) is 48.8 Å². The molecule has 0 unspecified atom stereocenters. The number of nitrogens with one attached hydrogen (secondary N) is 1. The molecule has 25 heavy (non-hydrogen) atoms. The molecule has 134 valence electrons. The van der Waals surface area contributed by atoms with Gasteiger partial charge in [-0.1, -0.05) is 61.8 Å². The molecular weight excluding hydrogens is 332 g/mol. The summed E-state index contributed by atoms with van der Waals surface area (Å²) in [4.78, 5) is 14.8. The highest BCUT2D eigenvalue weighted by molar-refractivity contribution is 6.30. The number of hydrogen-bond donors (Lipinski definition) is 1. The monoisotopic (exact) mass is 358 g/mol. The van der Waals surface area contributed by atoms with Gasteiger partial charge in [-0.3, -0.25) is 4.79 Å². The van der Waals surface area contributed by atoms with E-state index in [1.807, 2.05) is 24.3 Å². The Kier molecular flexibility index (Phi) is 7.03. The molecule has 4 heteroatoms. The molecule has 0 saturated heterocycles. The molecule has 2 aromatic carbocycles. The predicted octanol–water partition coefficient (Wildman–Crippen LogP) is 4.46. The Hall–Kier alpha value is -1.84. The van der Waals surface area contributed by atoms with E-state index in [0.29, 0.717) is 11.6 Å². The van der Waals surface area contributed by atoms with Crippen molar-refractivity contribution < 1.29 is 4.79 Å². The van der Waals surface area contributed by atoms with Gasteiger partial charge in [-0.2, -0.15) is 0 Å². The minimum absolute atomic E-state index is 0.0506. The second-order valence-electron chi connectivity index (χ2n) is 7.05. The lowest BCUT2D eigenvalue weighted by Crippen LogP contribution is -2.31. The highest BCUT2D eigenvalue weighted by atomic mass is 35.5. The lowest BCUT2D eigenvalue weighted by Gasteiger charge is -2.21. The third-order valence-corrected chi connectivity index (χ3v) is 4.42. The topological polar surface area (TPSA) is 32.3 Å². The van der Waals surface area contributed by atoms with Crippen molar-refractivity contribution in [2.75, 3.05) is 14.1 Å². The Morgan fingerprint density at radius 1 is 1.00 bits per heavy atom. The summed E-state index contributed by atoms with van der Waals surface area (Å²) in [6, 6.07) is 15.9. The smallest absolute Gasteiger partial charge is 0.228 e. The molecule has 0 heterocycles. The summed E-state index contributed by atoms with van der Waals surface area (Å²) in [6.45, 7) is 5.58. The van der Waals surface area contributed by atoms with Crippen molar-refractivity contribution in [3.05, 3.63) is 70.2 Å². The van der Waals surface area contributed by atoms with Gasteiger partial charge in [0.2, 0.25) is 5.91 Å². The molecule has 2 aromatic rings. The second-order valence-corrected chi connectivity index (χ2v) is 7.48. The average molecular weight is 359 g/mol. The van der Waals surface area contributed by atoms with Gasteiger partial charge in [0.15, 0.2) is 0 Å². The van der Waals surface area contributed by atoms with E-state index in [1.54, 1.807) is 0 Å². The van der Waals surface area contributed by atoms with Crippen LogP contribution in [0.5, 0.6) is 0 Å². The Bertz CT molecular complexity index is 678. The van der Waals surface area contributed by atoms with Crippen LogP contribution in [0.1, 0.15) is 36.5 Å². The van der Waals surface area contributed by atoms with Crippen LogP contribution in [0.3, 0.4) is 0 Å². The third-order valence-electron chi connectivity index (χ3n) is 4.17. The van der Waals surface area contributed by atoms with Crippen LogP contribution in [0, 0.1) is 5.92 Å². The molecule has 2 rings (SSSR count). The average Bonchev–Trinajstić information content (AvgIpc) is 2.55. The number of hydrogen-bond acceptors (Lipinski definition) is 2. The largest absolute Gasteiger partial charge is 0.351 e. The van der Waals surface area contributed by atoms with E-state index >= 15 is 0 Å². The van der Waals surface area contributed by atoms with Crippen molar-refractivity contribution >= 4 is 17.5 Å². The summed E-state index contributed by atoms with van der Waals surface area (Å²) < 4.78 is 0. The van der Waals surface area contributed by atoms with Gasteiger partial charge in [-0.25, -0.2) is 0 Å². The molecule has 1 atom stereocenters. The van der Waals surface area contributed by atoms with Gasteiger partial charge < -0.3 is 10.2 Å². The van der Waals surface area contributed by atoms with Crippen LogP contribution in [0.2, 0.25) is 5.02 Å². The SMILES string of the molecule is CC(C)[C@@H](C(=O)NCc1ccc(CN(C)C)cc1)c1ccc(Cl)cc1. The Labute approximate surface area is 156 Å². The molecule has 3 nitrogen and oxygen atoms in total. The van der Waals surface area contributed by atoms with Crippen molar-refractivity contribution in [1.29, 1.82) is 0 Å². The summed E-state index contributed by atoms with van der Waals surface area (Å²) in [5.74, 6) is 0.0867. The number of benzene rings is 2. The zero-order valence-corrected chi connectivity index (χ0v) is 16.2. The van der Waals surface area contributed by atoms with Gasteiger partial charge in [0, 0.05) is 18.1 Å². The van der Waals surface area contributed by atoms with Gasteiger partial charge in [0.1, 0.15) is 0 Å². The second kappa shape index (κ2) is 9.02. The maximum absolute atomic E-state index is 12.7. The first-order chi connectivity index (χ1) is 11.9. The van der Waals surface area contributed by atoms with E-state index in [1.165, 1.54) is 5.56 Å². The van der Waals surface area contributed by atoms with Gasteiger partial charge >= 0.3 is 0 Å². The van der Waals surface area contributed by atoms with E-state index in [9.17, 15) is 4.79 Å². The number of rotatable bonds is 7. The fraction of sp³-hybridized carbons (Fsp3) is 0.381. The maximum atomic E-state index is 12.7. The quantitative estimate of drug-likeness (QED) is 0.792. The highest BCUT2D eigenvalue weighted by Crippen LogP contribution is 2.26. The predicted molar refractivity (Wildman–Crippen MR) is 105 cm³/mol. The van der Waals surface area contributed by atoms with Crippen LogP contribution in [0.25, 0.3) is 0 Å². The molecule has 0 bridgehead atoms. The number of carbonyl (C=O) groups excluding carboxylic acids is 1. The molecule has 0 aromatic heterocycles. The van der Waals surface area contributed by atoms with Crippen LogP contribution in [0.15, 0.2) is 48.5 Å². The molecule has 1 N–H and O–H groups in total. The zero-order chi connectivity index (χ0) is 18.4. The number of amides is 1. The summed E-state index contributed by atoms with van der Waals surface area (Å²) in [5, 5.41) is 3.76. The molecule has 0 fully saturated rings. The molecule has 0 aliphatic carbocycles. The fourth-order valence-corrected chi connectivity index (χ4v) is 3.06. The van der Waals surface area contributed by atoms with Crippen LogP contribution >= 0.6 is 11.6 Å². The van der Waals surface area contributed by atoms with E-state index < -0.39 is 0 Å². The van der Waals surface area contributed by atoms with Gasteiger partial charge in [0.05, 0.1) is 5.92 Å². The van der Waals surface area contributed by atoms with E-state index in [4.69, 9.17) is 11.6 Å². The minimum Gasteiger partial charge on any atom is -0.351 e. The number of nitrogens with zero attached hydrogens (tertiary/aromatic N) is 1. The van der Waals surface area contributed by atoms with Gasteiger partial charge in [0.25, 0.3) is 0 Å². The first-order valence-corrected chi connectivity index (χ1v) is 9.00. The van der Waals surface area contributed by atoms with Crippen molar-refractivity contribution in [3.8, 4) is 0 Å². The van der Waals surface area contributed by atoms with Crippen LogP contribution < -0.4 is 5.32 Å². The standard InChI is InChI=1S/C21H27ClN2O/c1-15(2)20(18-9-11-19(22)12-10-18)21(25)23-13-16-5-7-17(8-6-16)14-24(3)4/h5-12,15,20H,13-14H2,1-4H3,(H,23,25)/t20-/m1/s1. The number of carbonyl (C=O) groups is 1.